The van der Waals surface area contributed by atoms with E-state index in [2.05, 4.69) is 26.3 Å². The monoisotopic (exact) mass is 553 g/mol. The van der Waals surface area contributed by atoms with Crippen LogP contribution in [0.15, 0.2) is 36.5 Å². The Morgan fingerprint density at radius 2 is 1.87 bits per heavy atom. The summed E-state index contributed by atoms with van der Waals surface area (Å²) in [6.07, 6.45) is -3.66. The number of Topliss-reactive ketones (excluding diaryl/α,β-unsaturated/α-hetero) is 1. The summed E-state index contributed by atoms with van der Waals surface area (Å²) in [4.78, 5) is 66.4. The Morgan fingerprint density at radius 3 is 2.47 bits per heavy atom. The molecule has 1 saturated heterocycles. The number of ketones is 1. The molecule has 1 aromatic carbocycles. The van der Waals surface area contributed by atoms with E-state index in [9.17, 15) is 37.1 Å². The Hall–Kier alpha value is -4.00. The van der Waals surface area contributed by atoms with Gasteiger partial charge in [-0.25, -0.2) is 0 Å². The second kappa shape index (κ2) is 11.6. The number of likely N-dealkylation sites (N-methyl/N-ethyl adjacent to an activating group) is 1. The normalized spacial score (nSPS) is 17.8. The number of alkyl halides is 3. The van der Waals surface area contributed by atoms with Gasteiger partial charge in [-0.05, 0) is 50.1 Å². The highest BCUT2D eigenvalue weighted by molar-refractivity contribution is 6.38. The first kappa shape index (κ1) is 28.6. The van der Waals surface area contributed by atoms with Crippen LogP contribution in [0, 0.1) is 5.92 Å². The quantitative estimate of drug-likeness (QED) is 0.369. The van der Waals surface area contributed by atoms with E-state index in [-0.39, 0.29) is 34.6 Å². The average Bonchev–Trinajstić information content (AvgIpc) is 3.19. The predicted molar refractivity (Wildman–Crippen MR) is 129 cm³/mol. The molecule has 0 spiro atoms. The molecule has 1 aliphatic rings. The van der Waals surface area contributed by atoms with Crippen LogP contribution in [0.5, 0.6) is 0 Å². The van der Waals surface area contributed by atoms with Gasteiger partial charge in [-0.2, -0.15) is 13.2 Å². The van der Waals surface area contributed by atoms with Crippen molar-refractivity contribution in [3.05, 3.63) is 58.4 Å². The van der Waals surface area contributed by atoms with Crippen LogP contribution in [0.1, 0.15) is 46.2 Å². The largest absolute Gasteiger partial charge is 0.416 e. The van der Waals surface area contributed by atoms with E-state index in [0.717, 1.165) is 12.3 Å². The third kappa shape index (κ3) is 6.85. The molecule has 3 atom stereocenters. The van der Waals surface area contributed by atoms with Crippen molar-refractivity contribution in [2.75, 3.05) is 12.4 Å². The van der Waals surface area contributed by atoms with E-state index in [1.807, 2.05) is 0 Å². The Labute approximate surface area is 219 Å². The lowest BCUT2D eigenvalue weighted by Crippen LogP contribution is -2.48. The summed E-state index contributed by atoms with van der Waals surface area (Å²) in [5.41, 5.74) is -2.03. The highest BCUT2D eigenvalue weighted by Crippen LogP contribution is 2.29. The highest BCUT2D eigenvalue weighted by Gasteiger charge is 2.36. The first-order valence-electron chi connectivity index (χ1n) is 11.3. The van der Waals surface area contributed by atoms with Crippen molar-refractivity contribution in [2.45, 2.75) is 38.0 Å². The lowest BCUT2D eigenvalue weighted by Gasteiger charge is -2.20. The van der Waals surface area contributed by atoms with Gasteiger partial charge < -0.3 is 21.3 Å². The highest BCUT2D eigenvalue weighted by atomic mass is 35.5. The van der Waals surface area contributed by atoms with Gasteiger partial charge >= 0.3 is 6.18 Å². The maximum atomic E-state index is 13.2. The van der Waals surface area contributed by atoms with Crippen LogP contribution in [-0.4, -0.2) is 53.5 Å². The summed E-state index contributed by atoms with van der Waals surface area (Å²) < 4.78 is 39.1. The number of nitrogens with zero attached hydrogens (tertiary/aromatic N) is 1. The SMILES string of the molecule is CNC(=O)C(=O)C(C[C@@H]1C[C@@H](C)NC1=O)NC(=O)c1cc(Cl)ccc1NC(=O)c1cc(C(F)(F)F)ccn1. The van der Waals surface area contributed by atoms with Crippen molar-refractivity contribution in [1.82, 2.24) is 20.9 Å². The van der Waals surface area contributed by atoms with Crippen LogP contribution >= 0.6 is 11.6 Å². The molecule has 2 heterocycles. The number of hydrogen-bond donors (Lipinski definition) is 4. The van der Waals surface area contributed by atoms with Crippen LogP contribution in [-0.2, 0) is 20.6 Å². The Balaban J connectivity index is 1.86. The van der Waals surface area contributed by atoms with Crippen molar-refractivity contribution in [3.63, 3.8) is 0 Å². The molecule has 14 heteroatoms. The summed E-state index contributed by atoms with van der Waals surface area (Å²) in [5.74, 6) is -4.92. The van der Waals surface area contributed by atoms with E-state index in [1.165, 1.54) is 19.2 Å². The molecule has 0 saturated carbocycles. The van der Waals surface area contributed by atoms with Gasteiger partial charge in [0.25, 0.3) is 17.7 Å². The summed E-state index contributed by atoms with van der Waals surface area (Å²) in [6.45, 7) is 1.77. The molecule has 0 aliphatic carbocycles. The molecule has 10 nitrogen and oxygen atoms in total. The second-order valence-corrected chi connectivity index (χ2v) is 9.06. The minimum absolute atomic E-state index is 0.0727. The minimum atomic E-state index is -4.70. The van der Waals surface area contributed by atoms with Crippen molar-refractivity contribution >= 4 is 46.7 Å². The van der Waals surface area contributed by atoms with Crippen molar-refractivity contribution in [2.24, 2.45) is 5.92 Å². The lowest BCUT2D eigenvalue weighted by atomic mass is 9.93. The molecule has 3 rings (SSSR count). The van der Waals surface area contributed by atoms with Gasteiger partial charge in [0.1, 0.15) is 5.69 Å². The number of anilines is 1. The van der Waals surface area contributed by atoms with Gasteiger partial charge in [-0.15, -0.1) is 0 Å². The summed E-state index contributed by atoms with van der Waals surface area (Å²) in [5, 5.41) is 9.69. The topological polar surface area (TPSA) is 146 Å². The van der Waals surface area contributed by atoms with Gasteiger partial charge in [0.2, 0.25) is 11.7 Å². The second-order valence-electron chi connectivity index (χ2n) is 8.62. The molecule has 4 N–H and O–H groups in total. The molecule has 4 amide bonds. The molecule has 0 radical (unpaired) electrons. The Morgan fingerprint density at radius 1 is 1.16 bits per heavy atom. The van der Waals surface area contributed by atoms with Crippen LogP contribution in [0.2, 0.25) is 5.02 Å². The molecule has 2 aromatic rings. The first-order chi connectivity index (χ1) is 17.8. The predicted octanol–water partition coefficient (Wildman–Crippen LogP) is 2.33. The van der Waals surface area contributed by atoms with Crippen LogP contribution in [0.3, 0.4) is 0 Å². The number of rotatable bonds is 8. The fourth-order valence-electron chi connectivity index (χ4n) is 3.92. The maximum Gasteiger partial charge on any atom is 0.416 e. The van der Waals surface area contributed by atoms with Crippen LogP contribution in [0.25, 0.3) is 0 Å². The third-order valence-electron chi connectivity index (χ3n) is 5.78. The first-order valence-corrected chi connectivity index (χ1v) is 11.7. The van der Waals surface area contributed by atoms with Crippen molar-refractivity contribution < 1.29 is 37.1 Å². The van der Waals surface area contributed by atoms with Crippen LogP contribution < -0.4 is 21.3 Å². The van der Waals surface area contributed by atoms with E-state index in [0.29, 0.717) is 18.6 Å². The molecule has 1 unspecified atom stereocenters. The van der Waals surface area contributed by atoms with Gasteiger partial charge in [-0.3, -0.25) is 29.0 Å². The number of hydrogen-bond acceptors (Lipinski definition) is 6. The molecule has 1 fully saturated rings. The summed E-state index contributed by atoms with van der Waals surface area (Å²) in [7, 11) is 1.23. The molecule has 0 bridgehead atoms. The van der Waals surface area contributed by atoms with Gasteiger partial charge in [0.15, 0.2) is 0 Å². The fourth-order valence-corrected chi connectivity index (χ4v) is 4.09. The average molecular weight is 554 g/mol. The number of carbonyl (C=O) groups excluding carboxylic acids is 5. The van der Waals surface area contributed by atoms with Crippen molar-refractivity contribution in [1.29, 1.82) is 0 Å². The number of nitrogens with one attached hydrogen (secondary N) is 4. The van der Waals surface area contributed by atoms with E-state index in [4.69, 9.17) is 11.6 Å². The number of aromatic nitrogens is 1. The number of carbonyl (C=O) groups is 5. The fraction of sp³-hybridized carbons (Fsp3) is 0.333. The zero-order chi connectivity index (χ0) is 28.2. The zero-order valence-corrected chi connectivity index (χ0v) is 20.9. The molecule has 1 aliphatic heterocycles. The molecule has 38 heavy (non-hydrogen) atoms. The van der Waals surface area contributed by atoms with Crippen LogP contribution in [0.4, 0.5) is 18.9 Å². The standard InChI is InChI=1S/C24H23ClF3N5O5/c1-11-7-12(20(35)31-11)8-17(19(34)23(38)29-2)33-21(36)15-10-14(25)3-4-16(15)32-22(37)18-9-13(5-6-30-18)24(26,27)28/h3-6,9-12,17H,7-8H2,1-2H3,(H,29,38)(H,31,35)(H,32,37)(H,33,36)/t11-,12+,17?/m1/s1. The minimum Gasteiger partial charge on any atom is -0.353 e. The van der Waals surface area contributed by atoms with Gasteiger partial charge in [-0.1, -0.05) is 11.6 Å². The Bertz CT molecular complexity index is 1290. The van der Waals surface area contributed by atoms with Crippen molar-refractivity contribution in [3.8, 4) is 0 Å². The van der Waals surface area contributed by atoms with E-state index in [1.54, 1.807) is 6.92 Å². The Kier molecular flexibility index (Phi) is 8.71. The molecular formula is C24H23ClF3N5O5. The van der Waals surface area contributed by atoms with Gasteiger partial charge in [0, 0.05) is 30.2 Å². The smallest absolute Gasteiger partial charge is 0.353 e. The zero-order valence-electron chi connectivity index (χ0n) is 20.1. The van der Waals surface area contributed by atoms with E-state index < -0.39 is 52.9 Å². The van der Waals surface area contributed by atoms with E-state index >= 15 is 0 Å². The molecule has 1 aromatic heterocycles. The summed E-state index contributed by atoms with van der Waals surface area (Å²) >= 11 is 6.02. The number of pyridine rings is 1. The lowest BCUT2D eigenvalue weighted by molar-refractivity contribution is -0.139. The van der Waals surface area contributed by atoms with Gasteiger partial charge in [0.05, 0.1) is 22.9 Å². The molecule has 202 valence electrons. The third-order valence-corrected chi connectivity index (χ3v) is 6.02. The molecular weight excluding hydrogens is 531 g/mol. The number of halogens is 4. The number of amides is 4. The maximum absolute atomic E-state index is 13.2. The number of benzene rings is 1. The summed E-state index contributed by atoms with van der Waals surface area (Å²) in [6, 6.07) is 3.44.